The van der Waals surface area contributed by atoms with Gasteiger partial charge in [0.1, 0.15) is 24.1 Å². The molecule has 0 aliphatic carbocycles. The van der Waals surface area contributed by atoms with E-state index in [2.05, 4.69) is 5.32 Å². The standard InChI is InChI=1S/C22H25ClN2O4/c1-16(24-21(26)13-6-17-4-9-19(28-3)10-5-17)22(27)25(2)14-15-29-20-11-7-18(23)8-12-20/h4-13,16H,14-15H2,1-3H3,(H,24,26)/b13-6+. The van der Waals surface area contributed by atoms with E-state index in [0.29, 0.717) is 23.9 Å². The fraction of sp³-hybridized carbons (Fsp3) is 0.273. The molecule has 1 N–H and O–H groups in total. The van der Waals surface area contributed by atoms with Crippen LogP contribution in [0.2, 0.25) is 5.02 Å². The van der Waals surface area contributed by atoms with Crippen LogP contribution in [0.4, 0.5) is 0 Å². The van der Waals surface area contributed by atoms with Gasteiger partial charge in [0.05, 0.1) is 13.7 Å². The van der Waals surface area contributed by atoms with Gasteiger partial charge in [0.2, 0.25) is 11.8 Å². The Morgan fingerprint density at radius 2 is 1.72 bits per heavy atom. The lowest BCUT2D eigenvalue weighted by Gasteiger charge is -2.21. The molecule has 0 aliphatic rings. The first-order valence-corrected chi connectivity index (χ1v) is 9.53. The van der Waals surface area contributed by atoms with E-state index in [4.69, 9.17) is 21.1 Å². The third kappa shape index (κ3) is 7.50. The lowest BCUT2D eigenvalue weighted by Crippen LogP contribution is -2.46. The molecule has 0 aromatic heterocycles. The second-order valence-electron chi connectivity index (χ2n) is 6.40. The molecule has 0 radical (unpaired) electrons. The van der Waals surface area contributed by atoms with Gasteiger partial charge < -0.3 is 19.7 Å². The number of likely N-dealkylation sites (N-methyl/N-ethyl adjacent to an activating group) is 1. The zero-order valence-corrected chi connectivity index (χ0v) is 17.5. The van der Waals surface area contributed by atoms with Crippen molar-refractivity contribution in [3.8, 4) is 11.5 Å². The number of rotatable bonds is 9. The highest BCUT2D eigenvalue weighted by molar-refractivity contribution is 6.30. The van der Waals surface area contributed by atoms with Gasteiger partial charge in [0, 0.05) is 18.1 Å². The van der Waals surface area contributed by atoms with Crippen molar-refractivity contribution in [2.45, 2.75) is 13.0 Å². The Morgan fingerprint density at radius 3 is 2.34 bits per heavy atom. The predicted octanol–water partition coefficient (Wildman–Crippen LogP) is 3.40. The molecule has 0 saturated carbocycles. The minimum atomic E-state index is -0.649. The maximum atomic E-state index is 12.4. The van der Waals surface area contributed by atoms with E-state index < -0.39 is 6.04 Å². The van der Waals surface area contributed by atoms with Crippen molar-refractivity contribution >= 4 is 29.5 Å². The third-order valence-corrected chi connectivity index (χ3v) is 4.41. The summed E-state index contributed by atoms with van der Waals surface area (Å²) in [6.45, 7) is 2.38. The van der Waals surface area contributed by atoms with Crippen molar-refractivity contribution in [3.05, 3.63) is 65.2 Å². The number of hydrogen-bond donors (Lipinski definition) is 1. The Balaban J connectivity index is 1.76. The zero-order chi connectivity index (χ0) is 21.2. The van der Waals surface area contributed by atoms with Gasteiger partial charge in [-0.05, 0) is 55.0 Å². The number of halogens is 1. The van der Waals surface area contributed by atoms with Crippen LogP contribution < -0.4 is 14.8 Å². The summed E-state index contributed by atoms with van der Waals surface area (Å²) in [6, 6.07) is 13.7. The number of nitrogens with one attached hydrogen (secondary N) is 1. The van der Waals surface area contributed by atoms with Crippen LogP contribution in [-0.2, 0) is 9.59 Å². The van der Waals surface area contributed by atoms with Crippen LogP contribution in [0.25, 0.3) is 6.08 Å². The molecule has 0 spiro atoms. The molecule has 0 heterocycles. The Hall–Kier alpha value is -2.99. The number of hydrogen-bond acceptors (Lipinski definition) is 4. The molecule has 6 nitrogen and oxygen atoms in total. The highest BCUT2D eigenvalue weighted by atomic mass is 35.5. The fourth-order valence-corrected chi connectivity index (χ4v) is 2.61. The Bertz CT molecular complexity index is 835. The first-order chi connectivity index (χ1) is 13.9. The molecule has 1 atom stereocenters. The topological polar surface area (TPSA) is 67.9 Å². The van der Waals surface area contributed by atoms with E-state index in [1.807, 2.05) is 24.3 Å². The predicted molar refractivity (Wildman–Crippen MR) is 114 cm³/mol. The molecule has 0 bridgehead atoms. The SMILES string of the molecule is COc1ccc(/C=C/C(=O)NC(C)C(=O)N(C)CCOc2ccc(Cl)cc2)cc1. The number of carbonyl (C=O) groups is 2. The van der Waals surface area contributed by atoms with Crippen LogP contribution in [0.3, 0.4) is 0 Å². The van der Waals surface area contributed by atoms with E-state index in [9.17, 15) is 9.59 Å². The van der Waals surface area contributed by atoms with Crippen molar-refractivity contribution < 1.29 is 19.1 Å². The van der Waals surface area contributed by atoms with Gasteiger partial charge >= 0.3 is 0 Å². The third-order valence-electron chi connectivity index (χ3n) is 4.16. The summed E-state index contributed by atoms with van der Waals surface area (Å²) in [5.41, 5.74) is 0.858. The van der Waals surface area contributed by atoms with Crippen LogP contribution in [-0.4, -0.2) is 50.1 Å². The Labute approximate surface area is 176 Å². The van der Waals surface area contributed by atoms with Crippen molar-refractivity contribution in [1.82, 2.24) is 10.2 Å². The maximum absolute atomic E-state index is 12.4. The van der Waals surface area contributed by atoms with Crippen LogP contribution >= 0.6 is 11.6 Å². The highest BCUT2D eigenvalue weighted by Crippen LogP contribution is 2.15. The van der Waals surface area contributed by atoms with Crippen molar-refractivity contribution in [2.24, 2.45) is 0 Å². The van der Waals surface area contributed by atoms with Gasteiger partial charge in [-0.3, -0.25) is 9.59 Å². The summed E-state index contributed by atoms with van der Waals surface area (Å²) in [6.07, 6.45) is 3.07. The summed E-state index contributed by atoms with van der Waals surface area (Å²) >= 11 is 5.83. The van der Waals surface area contributed by atoms with E-state index in [-0.39, 0.29) is 11.8 Å². The maximum Gasteiger partial charge on any atom is 0.244 e. The van der Waals surface area contributed by atoms with Gasteiger partial charge in [0.25, 0.3) is 0 Å². The molecule has 29 heavy (non-hydrogen) atoms. The van der Waals surface area contributed by atoms with E-state index >= 15 is 0 Å². The van der Waals surface area contributed by atoms with E-state index in [1.54, 1.807) is 51.4 Å². The largest absolute Gasteiger partial charge is 0.497 e. The van der Waals surface area contributed by atoms with E-state index in [1.165, 1.54) is 11.0 Å². The molecule has 0 fully saturated rings. The van der Waals surface area contributed by atoms with Gasteiger partial charge in [-0.25, -0.2) is 0 Å². The number of ether oxygens (including phenoxy) is 2. The van der Waals surface area contributed by atoms with Crippen LogP contribution in [0, 0.1) is 0 Å². The normalized spacial score (nSPS) is 11.7. The smallest absolute Gasteiger partial charge is 0.244 e. The van der Waals surface area contributed by atoms with Crippen LogP contribution in [0.15, 0.2) is 54.6 Å². The quantitative estimate of drug-likeness (QED) is 0.636. The number of amides is 2. The molecule has 2 amide bonds. The lowest BCUT2D eigenvalue weighted by atomic mass is 10.2. The summed E-state index contributed by atoms with van der Waals surface area (Å²) in [7, 11) is 3.26. The van der Waals surface area contributed by atoms with Gasteiger partial charge in [-0.2, -0.15) is 0 Å². The molecule has 2 aromatic carbocycles. The second-order valence-corrected chi connectivity index (χ2v) is 6.84. The molecule has 1 unspecified atom stereocenters. The summed E-state index contributed by atoms with van der Waals surface area (Å²) in [5.74, 6) is 0.887. The molecule has 154 valence electrons. The minimum Gasteiger partial charge on any atom is -0.497 e. The molecule has 2 aromatic rings. The van der Waals surface area contributed by atoms with Gasteiger partial charge in [-0.1, -0.05) is 23.7 Å². The second kappa shape index (κ2) is 11.1. The summed E-state index contributed by atoms with van der Waals surface area (Å²) in [4.78, 5) is 26.0. The first-order valence-electron chi connectivity index (χ1n) is 9.15. The molecule has 7 heteroatoms. The minimum absolute atomic E-state index is 0.198. The monoisotopic (exact) mass is 416 g/mol. The van der Waals surface area contributed by atoms with Crippen LogP contribution in [0.5, 0.6) is 11.5 Å². The van der Waals surface area contributed by atoms with Crippen molar-refractivity contribution in [1.29, 1.82) is 0 Å². The molecular weight excluding hydrogens is 392 g/mol. The van der Waals surface area contributed by atoms with Crippen molar-refractivity contribution in [3.63, 3.8) is 0 Å². The Kier molecular flexibility index (Phi) is 8.55. The van der Waals surface area contributed by atoms with E-state index in [0.717, 1.165) is 11.3 Å². The number of carbonyl (C=O) groups excluding carboxylic acids is 2. The zero-order valence-electron chi connectivity index (χ0n) is 16.7. The molecule has 0 aliphatic heterocycles. The molecule has 2 rings (SSSR count). The first kappa shape index (κ1) is 22.3. The summed E-state index contributed by atoms with van der Waals surface area (Å²) < 4.78 is 10.7. The van der Waals surface area contributed by atoms with Gasteiger partial charge in [-0.15, -0.1) is 0 Å². The Morgan fingerprint density at radius 1 is 1.10 bits per heavy atom. The average molecular weight is 417 g/mol. The number of benzene rings is 2. The molecule has 0 saturated heterocycles. The van der Waals surface area contributed by atoms with Crippen LogP contribution in [0.1, 0.15) is 12.5 Å². The fourth-order valence-electron chi connectivity index (χ4n) is 2.48. The van der Waals surface area contributed by atoms with Crippen molar-refractivity contribution in [2.75, 3.05) is 27.3 Å². The highest BCUT2D eigenvalue weighted by Gasteiger charge is 2.18. The number of nitrogens with zero attached hydrogens (tertiary/aromatic N) is 1. The molecular formula is C22H25ClN2O4. The lowest BCUT2D eigenvalue weighted by molar-refractivity contribution is -0.134. The number of methoxy groups -OCH3 is 1. The average Bonchev–Trinajstić information content (AvgIpc) is 2.73. The van der Waals surface area contributed by atoms with Gasteiger partial charge in [0.15, 0.2) is 0 Å². The summed E-state index contributed by atoms with van der Waals surface area (Å²) in [5, 5.41) is 3.31.